The van der Waals surface area contributed by atoms with E-state index >= 15 is 0 Å². The molecule has 0 radical (unpaired) electrons. The number of methoxy groups -OCH3 is 1. The summed E-state index contributed by atoms with van der Waals surface area (Å²) in [4.78, 5) is 15.4. The second-order valence-corrected chi connectivity index (χ2v) is 8.00. The van der Waals surface area contributed by atoms with Gasteiger partial charge in [0.05, 0.1) is 25.3 Å². The smallest absolute Gasteiger partial charge is 0.308 e. The molecule has 1 atom stereocenters. The predicted molar refractivity (Wildman–Crippen MR) is 97.9 cm³/mol. The summed E-state index contributed by atoms with van der Waals surface area (Å²) in [6, 6.07) is 1.31. The molecule has 1 aromatic heterocycles. The van der Waals surface area contributed by atoms with Crippen molar-refractivity contribution >= 4 is 5.97 Å². The molecule has 146 valence electrons. The van der Waals surface area contributed by atoms with Gasteiger partial charge in [0, 0.05) is 23.8 Å². The van der Waals surface area contributed by atoms with Gasteiger partial charge < -0.3 is 15.2 Å². The number of pyridine rings is 1. The number of nitrogens with one attached hydrogen (secondary N) is 1. The summed E-state index contributed by atoms with van der Waals surface area (Å²) in [6.07, 6.45) is 7.85. The minimum absolute atomic E-state index is 0.0670. The number of carbonyl (C=O) groups excluding carboxylic acids is 1. The molecule has 2 N–H and O–H groups in total. The predicted octanol–water partition coefficient (Wildman–Crippen LogP) is 3.38. The lowest BCUT2D eigenvalue weighted by molar-refractivity contribution is -0.146. The van der Waals surface area contributed by atoms with Crippen LogP contribution in [0.5, 0.6) is 0 Å². The van der Waals surface area contributed by atoms with Crippen molar-refractivity contribution in [2.24, 2.45) is 11.8 Å². The number of carbonyl (C=O) groups is 1. The van der Waals surface area contributed by atoms with Gasteiger partial charge in [0.15, 0.2) is 0 Å². The number of hydrogen-bond donors (Lipinski definition) is 2. The van der Waals surface area contributed by atoms with E-state index in [4.69, 9.17) is 4.74 Å². The molecule has 1 aromatic rings. The first-order valence-electron chi connectivity index (χ1n) is 9.42. The minimum Gasteiger partial charge on any atom is -0.469 e. The molecule has 0 spiro atoms. The van der Waals surface area contributed by atoms with E-state index in [2.05, 4.69) is 24.1 Å². The Morgan fingerprint density at radius 1 is 1.38 bits per heavy atom. The zero-order valence-corrected chi connectivity index (χ0v) is 16.0. The number of nitrogens with zero attached hydrogens (tertiary/aromatic N) is 1. The van der Waals surface area contributed by atoms with E-state index in [0.717, 1.165) is 44.7 Å². The van der Waals surface area contributed by atoms with Crippen molar-refractivity contribution in [3.8, 4) is 0 Å². The SMILES string of the molecule is COC(=O)C1CCC(CCC(C)(C)NC[C@H](O)c2cncc(F)c2)CC1. The Bertz CT molecular complexity index is 586. The van der Waals surface area contributed by atoms with Crippen molar-refractivity contribution in [2.45, 2.75) is 64.0 Å². The average Bonchev–Trinajstić information content (AvgIpc) is 2.64. The van der Waals surface area contributed by atoms with Crippen molar-refractivity contribution in [3.05, 3.63) is 29.8 Å². The highest BCUT2D eigenvalue weighted by molar-refractivity contribution is 5.72. The summed E-state index contributed by atoms with van der Waals surface area (Å²) in [6.45, 7) is 4.58. The van der Waals surface area contributed by atoms with Crippen LogP contribution in [0.2, 0.25) is 0 Å². The first-order chi connectivity index (χ1) is 12.3. The summed E-state index contributed by atoms with van der Waals surface area (Å²) < 4.78 is 18.0. The number of rotatable bonds is 8. The third kappa shape index (κ3) is 6.32. The Hall–Kier alpha value is -1.53. The van der Waals surface area contributed by atoms with Crippen molar-refractivity contribution in [2.75, 3.05) is 13.7 Å². The lowest BCUT2D eigenvalue weighted by Crippen LogP contribution is -2.42. The zero-order chi connectivity index (χ0) is 19.2. The Morgan fingerprint density at radius 2 is 2.08 bits per heavy atom. The topological polar surface area (TPSA) is 71.5 Å². The number of hydrogen-bond acceptors (Lipinski definition) is 5. The molecule has 2 rings (SSSR count). The van der Waals surface area contributed by atoms with Crippen molar-refractivity contribution in [3.63, 3.8) is 0 Å². The van der Waals surface area contributed by atoms with Crippen LogP contribution in [-0.2, 0) is 9.53 Å². The summed E-state index contributed by atoms with van der Waals surface area (Å²) in [5, 5.41) is 13.6. The molecule has 26 heavy (non-hydrogen) atoms. The average molecular weight is 366 g/mol. The number of halogens is 1. The molecule has 1 fully saturated rings. The van der Waals surface area contributed by atoms with Crippen LogP contribution in [0.25, 0.3) is 0 Å². The maximum absolute atomic E-state index is 13.2. The normalized spacial score (nSPS) is 22.0. The molecule has 0 aliphatic heterocycles. The van der Waals surface area contributed by atoms with Gasteiger partial charge in [-0.1, -0.05) is 0 Å². The number of aliphatic hydroxyl groups is 1. The monoisotopic (exact) mass is 366 g/mol. The van der Waals surface area contributed by atoms with Gasteiger partial charge in [0.2, 0.25) is 0 Å². The third-order valence-corrected chi connectivity index (χ3v) is 5.44. The second-order valence-electron chi connectivity index (χ2n) is 8.00. The fraction of sp³-hybridized carbons (Fsp3) is 0.700. The van der Waals surface area contributed by atoms with E-state index in [1.54, 1.807) is 0 Å². The highest BCUT2D eigenvalue weighted by atomic mass is 19.1. The number of aliphatic hydroxyl groups excluding tert-OH is 1. The standard InChI is InChI=1S/C20H31FN2O3/c1-20(2,23-13-18(24)16-10-17(21)12-22-11-16)9-8-14-4-6-15(7-5-14)19(25)26-3/h10-12,14-15,18,23-24H,4-9,13H2,1-3H3/t14?,15?,18-/m0/s1. The van der Waals surface area contributed by atoms with Crippen molar-refractivity contribution in [1.82, 2.24) is 10.3 Å². The molecular formula is C20H31FN2O3. The van der Waals surface area contributed by atoms with E-state index in [-0.39, 0.29) is 17.4 Å². The summed E-state index contributed by atoms with van der Waals surface area (Å²) in [7, 11) is 1.46. The minimum atomic E-state index is -0.784. The lowest BCUT2D eigenvalue weighted by atomic mass is 9.78. The van der Waals surface area contributed by atoms with Gasteiger partial charge in [-0.05, 0) is 64.4 Å². The van der Waals surface area contributed by atoms with Crippen LogP contribution in [0.15, 0.2) is 18.5 Å². The Labute approximate surface area is 155 Å². The Morgan fingerprint density at radius 3 is 2.69 bits per heavy atom. The summed E-state index contributed by atoms with van der Waals surface area (Å²) in [5.74, 6) is 0.182. The summed E-state index contributed by atoms with van der Waals surface area (Å²) in [5.41, 5.74) is 0.357. The molecule has 1 aliphatic rings. The van der Waals surface area contributed by atoms with Gasteiger partial charge in [0.1, 0.15) is 5.82 Å². The van der Waals surface area contributed by atoms with E-state index in [1.165, 1.54) is 19.4 Å². The molecule has 1 saturated carbocycles. The molecule has 0 unspecified atom stereocenters. The Balaban J connectivity index is 1.72. The molecular weight excluding hydrogens is 335 g/mol. The van der Waals surface area contributed by atoms with E-state index in [0.29, 0.717) is 18.0 Å². The number of aromatic nitrogens is 1. The fourth-order valence-corrected chi connectivity index (χ4v) is 3.61. The van der Waals surface area contributed by atoms with Gasteiger partial charge in [-0.25, -0.2) is 4.39 Å². The number of β-amino-alcohol motifs (C(OH)–C–C–N with tert-alkyl or cyclic N) is 1. The molecule has 0 saturated heterocycles. The van der Waals surface area contributed by atoms with Gasteiger partial charge in [-0.15, -0.1) is 0 Å². The van der Waals surface area contributed by atoms with Crippen LogP contribution in [0.1, 0.15) is 64.0 Å². The van der Waals surface area contributed by atoms with Crippen LogP contribution < -0.4 is 5.32 Å². The van der Waals surface area contributed by atoms with Crippen LogP contribution >= 0.6 is 0 Å². The molecule has 1 aliphatic carbocycles. The first-order valence-corrected chi connectivity index (χ1v) is 9.42. The highest BCUT2D eigenvalue weighted by Gasteiger charge is 2.28. The van der Waals surface area contributed by atoms with Gasteiger partial charge in [0.25, 0.3) is 0 Å². The van der Waals surface area contributed by atoms with Crippen molar-refractivity contribution < 1.29 is 19.0 Å². The first kappa shape index (κ1) is 20.8. The van der Waals surface area contributed by atoms with Gasteiger partial charge >= 0.3 is 5.97 Å². The van der Waals surface area contributed by atoms with E-state index < -0.39 is 11.9 Å². The molecule has 0 amide bonds. The fourth-order valence-electron chi connectivity index (χ4n) is 3.61. The van der Waals surface area contributed by atoms with Crippen LogP contribution in [0.4, 0.5) is 4.39 Å². The molecule has 0 aromatic carbocycles. The van der Waals surface area contributed by atoms with E-state index in [9.17, 15) is 14.3 Å². The van der Waals surface area contributed by atoms with Gasteiger partial charge in [-0.3, -0.25) is 9.78 Å². The van der Waals surface area contributed by atoms with Crippen LogP contribution in [0.3, 0.4) is 0 Å². The zero-order valence-electron chi connectivity index (χ0n) is 16.0. The van der Waals surface area contributed by atoms with Crippen LogP contribution in [-0.4, -0.2) is 35.3 Å². The third-order valence-electron chi connectivity index (χ3n) is 5.44. The molecule has 5 nitrogen and oxygen atoms in total. The molecule has 6 heteroatoms. The molecule has 1 heterocycles. The maximum Gasteiger partial charge on any atom is 0.308 e. The van der Waals surface area contributed by atoms with Gasteiger partial charge in [-0.2, -0.15) is 0 Å². The highest BCUT2D eigenvalue weighted by Crippen LogP contribution is 2.33. The van der Waals surface area contributed by atoms with E-state index in [1.807, 2.05) is 0 Å². The van der Waals surface area contributed by atoms with Crippen LogP contribution in [0, 0.1) is 17.7 Å². The Kier molecular flexibility index (Phi) is 7.53. The lowest BCUT2D eigenvalue weighted by Gasteiger charge is -2.32. The quantitative estimate of drug-likeness (QED) is 0.690. The maximum atomic E-state index is 13.2. The number of esters is 1. The summed E-state index contributed by atoms with van der Waals surface area (Å²) >= 11 is 0. The van der Waals surface area contributed by atoms with Crippen molar-refractivity contribution in [1.29, 1.82) is 0 Å². The number of ether oxygens (including phenoxy) is 1. The second kappa shape index (κ2) is 9.42. The molecule has 0 bridgehead atoms. The largest absolute Gasteiger partial charge is 0.469 e.